The fourth-order valence-electron chi connectivity index (χ4n) is 1.96. The second-order valence-electron chi connectivity index (χ2n) is 4.52. The molecule has 0 aliphatic carbocycles. The standard InChI is InChI=1S/C16H20N4O/c1-4-9-17-15-10-16(20-12(2)19-15)18-11-13-7-5-6-8-14(13)21-3/h4-8,10H,1,9,11H2,2-3H3,(H2,17,18,19,20). The molecule has 0 fully saturated rings. The van der Waals surface area contributed by atoms with Crippen LogP contribution in [0.2, 0.25) is 0 Å². The minimum absolute atomic E-state index is 0.640. The summed E-state index contributed by atoms with van der Waals surface area (Å²) in [6.45, 7) is 6.86. The predicted octanol–water partition coefficient (Wildman–Crippen LogP) is 3.00. The highest BCUT2D eigenvalue weighted by Gasteiger charge is 2.04. The summed E-state index contributed by atoms with van der Waals surface area (Å²) >= 11 is 0. The van der Waals surface area contributed by atoms with Gasteiger partial charge in [-0.15, -0.1) is 6.58 Å². The maximum atomic E-state index is 5.34. The second kappa shape index (κ2) is 7.28. The summed E-state index contributed by atoms with van der Waals surface area (Å²) in [6.07, 6.45) is 1.79. The molecular formula is C16H20N4O. The largest absolute Gasteiger partial charge is 0.496 e. The van der Waals surface area contributed by atoms with Crippen LogP contribution in [0.3, 0.4) is 0 Å². The number of hydrogen-bond acceptors (Lipinski definition) is 5. The summed E-state index contributed by atoms with van der Waals surface area (Å²) in [4.78, 5) is 8.71. The Morgan fingerprint density at radius 2 is 1.90 bits per heavy atom. The second-order valence-corrected chi connectivity index (χ2v) is 4.52. The van der Waals surface area contributed by atoms with Crippen molar-refractivity contribution in [1.29, 1.82) is 0 Å². The zero-order valence-electron chi connectivity index (χ0n) is 12.4. The summed E-state index contributed by atoms with van der Waals surface area (Å²) in [5.41, 5.74) is 1.08. The number of rotatable bonds is 7. The van der Waals surface area contributed by atoms with E-state index in [2.05, 4.69) is 27.2 Å². The van der Waals surface area contributed by atoms with Crippen molar-refractivity contribution in [2.75, 3.05) is 24.3 Å². The van der Waals surface area contributed by atoms with Crippen LogP contribution in [0.25, 0.3) is 0 Å². The highest BCUT2D eigenvalue weighted by molar-refractivity contribution is 5.48. The number of para-hydroxylation sites is 1. The van der Waals surface area contributed by atoms with E-state index in [9.17, 15) is 0 Å². The van der Waals surface area contributed by atoms with Crippen LogP contribution in [0.15, 0.2) is 43.0 Å². The van der Waals surface area contributed by atoms with Gasteiger partial charge >= 0.3 is 0 Å². The van der Waals surface area contributed by atoms with Gasteiger partial charge in [0, 0.05) is 24.7 Å². The number of aryl methyl sites for hydroxylation is 1. The van der Waals surface area contributed by atoms with Crippen LogP contribution in [0.5, 0.6) is 5.75 Å². The molecule has 21 heavy (non-hydrogen) atoms. The van der Waals surface area contributed by atoms with Gasteiger partial charge in [0.05, 0.1) is 7.11 Å². The van der Waals surface area contributed by atoms with Crippen molar-refractivity contribution in [2.45, 2.75) is 13.5 Å². The van der Waals surface area contributed by atoms with Crippen LogP contribution in [0.4, 0.5) is 11.6 Å². The lowest BCUT2D eigenvalue weighted by molar-refractivity contribution is 0.410. The Morgan fingerprint density at radius 1 is 1.19 bits per heavy atom. The van der Waals surface area contributed by atoms with E-state index in [1.807, 2.05) is 37.3 Å². The van der Waals surface area contributed by atoms with Crippen molar-refractivity contribution in [3.8, 4) is 5.75 Å². The van der Waals surface area contributed by atoms with Gasteiger partial charge < -0.3 is 15.4 Å². The van der Waals surface area contributed by atoms with Crippen LogP contribution in [0, 0.1) is 6.92 Å². The van der Waals surface area contributed by atoms with Gasteiger partial charge in [-0.3, -0.25) is 0 Å². The van der Waals surface area contributed by atoms with Gasteiger partial charge in [-0.25, -0.2) is 9.97 Å². The number of benzene rings is 1. The van der Waals surface area contributed by atoms with Crippen LogP contribution in [-0.2, 0) is 6.54 Å². The number of nitrogens with one attached hydrogen (secondary N) is 2. The molecule has 0 unspecified atom stereocenters. The monoisotopic (exact) mass is 284 g/mol. The lowest BCUT2D eigenvalue weighted by Gasteiger charge is -2.11. The maximum Gasteiger partial charge on any atom is 0.132 e. The number of ether oxygens (including phenoxy) is 1. The Bertz CT molecular complexity index is 613. The Kier molecular flexibility index (Phi) is 5.15. The molecule has 5 heteroatoms. The third-order valence-corrected chi connectivity index (χ3v) is 2.92. The number of nitrogens with zero attached hydrogens (tertiary/aromatic N) is 2. The van der Waals surface area contributed by atoms with E-state index in [1.54, 1.807) is 13.2 Å². The lowest BCUT2D eigenvalue weighted by Crippen LogP contribution is -2.07. The van der Waals surface area contributed by atoms with Gasteiger partial charge in [0.25, 0.3) is 0 Å². The van der Waals surface area contributed by atoms with Crippen LogP contribution < -0.4 is 15.4 Å². The maximum absolute atomic E-state index is 5.34. The fourth-order valence-corrected chi connectivity index (χ4v) is 1.96. The topological polar surface area (TPSA) is 59.1 Å². The van der Waals surface area contributed by atoms with Crippen molar-refractivity contribution < 1.29 is 4.74 Å². The average molecular weight is 284 g/mol. The molecule has 0 saturated carbocycles. The van der Waals surface area contributed by atoms with Gasteiger partial charge in [-0.1, -0.05) is 24.3 Å². The van der Waals surface area contributed by atoms with Gasteiger partial charge in [0.2, 0.25) is 0 Å². The van der Waals surface area contributed by atoms with Crippen molar-refractivity contribution in [3.63, 3.8) is 0 Å². The van der Waals surface area contributed by atoms with Gasteiger partial charge in [0.1, 0.15) is 23.2 Å². The fraction of sp³-hybridized carbons (Fsp3) is 0.250. The molecule has 2 N–H and O–H groups in total. The quantitative estimate of drug-likeness (QED) is 0.765. The molecule has 2 rings (SSSR count). The van der Waals surface area contributed by atoms with E-state index in [0.717, 1.165) is 22.9 Å². The smallest absolute Gasteiger partial charge is 0.132 e. The Morgan fingerprint density at radius 3 is 2.62 bits per heavy atom. The van der Waals surface area contributed by atoms with E-state index < -0.39 is 0 Å². The summed E-state index contributed by atoms with van der Waals surface area (Å²) < 4.78 is 5.34. The first kappa shape index (κ1) is 14.8. The zero-order valence-corrected chi connectivity index (χ0v) is 12.4. The molecule has 0 radical (unpaired) electrons. The first-order chi connectivity index (χ1) is 10.2. The molecule has 0 spiro atoms. The summed E-state index contributed by atoms with van der Waals surface area (Å²) in [5, 5.41) is 6.46. The zero-order chi connectivity index (χ0) is 15.1. The highest BCUT2D eigenvalue weighted by atomic mass is 16.5. The third-order valence-electron chi connectivity index (χ3n) is 2.92. The number of hydrogen-bond donors (Lipinski definition) is 2. The van der Waals surface area contributed by atoms with E-state index >= 15 is 0 Å². The minimum atomic E-state index is 0.640. The highest BCUT2D eigenvalue weighted by Crippen LogP contribution is 2.19. The molecule has 5 nitrogen and oxygen atoms in total. The number of anilines is 2. The summed E-state index contributed by atoms with van der Waals surface area (Å²) in [5.74, 6) is 3.14. The molecule has 0 amide bonds. The predicted molar refractivity (Wildman–Crippen MR) is 85.8 cm³/mol. The Labute approximate surface area is 125 Å². The first-order valence-corrected chi connectivity index (χ1v) is 6.79. The Balaban J connectivity index is 2.08. The van der Waals surface area contributed by atoms with Crippen molar-refractivity contribution >= 4 is 11.6 Å². The minimum Gasteiger partial charge on any atom is -0.496 e. The molecular weight excluding hydrogens is 264 g/mol. The molecule has 0 bridgehead atoms. The van der Waals surface area contributed by atoms with Crippen LogP contribution in [0.1, 0.15) is 11.4 Å². The average Bonchev–Trinajstić information content (AvgIpc) is 2.50. The normalized spacial score (nSPS) is 10.0. The molecule has 0 aliphatic rings. The van der Waals surface area contributed by atoms with E-state index in [0.29, 0.717) is 18.9 Å². The SMILES string of the molecule is C=CCNc1cc(NCc2ccccc2OC)nc(C)n1. The van der Waals surface area contributed by atoms with Crippen LogP contribution >= 0.6 is 0 Å². The molecule has 0 aliphatic heterocycles. The van der Waals surface area contributed by atoms with Gasteiger partial charge in [-0.2, -0.15) is 0 Å². The van der Waals surface area contributed by atoms with E-state index in [1.165, 1.54) is 0 Å². The van der Waals surface area contributed by atoms with Crippen molar-refractivity contribution in [1.82, 2.24) is 9.97 Å². The molecule has 0 saturated heterocycles. The number of aromatic nitrogens is 2. The molecule has 0 atom stereocenters. The van der Waals surface area contributed by atoms with Gasteiger partial charge in [0.15, 0.2) is 0 Å². The van der Waals surface area contributed by atoms with E-state index in [4.69, 9.17) is 4.74 Å². The third kappa shape index (κ3) is 4.21. The molecule has 1 aromatic heterocycles. The van der Waals surface area contributed by atoms with Crippen molar-refractivity contribution in [2.24, 2.45) is 0 Å². The van der Waals surface area contributed by atoms with E-state index in [-0.39, 0.29) is 0 Å². The first-order valence-electron chi connectivity index (χ1n) is 6.79. The lowest BCUT2D eigenvalue weighted by atomic mass is 10.2. The van der Waals surface area contributed by atoms with Crippen LogP contribution in [-0.4, -0.2) is 23.6 Å². The number of methoxy groups -OCH3 is 1. The molecule has 1 aromatic carbocycles. The Hall–Kier alpha value is -2.56. The summed E-state index contributed by atoms with van der Waals surface area (Å²) in [7, 11) is 1.67. The van der Waals surface area contributed by atoms with Crippen molar-refractivity contribution in [3.05, 3.63) is 54.4 Å². The molecule has 2 aromatic rings. The van der Waals surface area contributed by atoms with Gasteiger partial charge in [-0.05, 0) is 13.0 Å². The molecule has 110 valence electrons. The molecule has 1 heterocycles. The summed E-state index contributed by atoms with van der Waals surface area (Å²) in [6, 6.07) is 9.79.